The van der Waals surface area contributed by atoms with Gasteiger partial charge in [-0.05, 0) is 48.3 Å². The van der Waals surface area contributed by atoms with Gasteiger partial charge in [-0.3, -0.25) is 0 Å². The molecule has 4 atom stereocenters. The van der Waals surface area contributed by atoms with E-state index in [0.717, 1.165) is 35.5 Å². The summed E-state index contributed by atoms with van der Waals surface area (Å²) in [6, 6.07) is 0. The van der Waals surface area contributed by atoms with Crippen LogP contribution in [0, 0.1) is 35.5 Å². The fourth-order valence-electron chi connectivity index (χ4n) is 3.54. The first-order chi connectivity index (χ1) is 5.61. The molecule has 2 saturated carbocycles. The molecule has 1 unspecified atom stereocenters. The SMILES string of the molecule is C.CC(C)C1[C@H](C(C)C)C[C@H]2C[C@@H]12. The molecule has 0 nitrogen and oxygen atoms in total. The predicted molar refractivity (Wildman–Crippen MR) is 59.6 cm³/mol. The molecule has 2 fully saturated rings. The summed E-state index contributed by atoms with van der Waals surface area (Å²) in [5, 5.41) is 0. The van der Waals surface area contributed by atoms with Crippen molar-refractivity contribution in [3.8, 4) is 0 Å². The Labute approximate surface area is 84.1 Å². The quantitative estimate of drug-likeness (QED) is 0.600. The van der Waals surface area contributed by atoms with Crippen molar-refractivity contribution < 1.29 is 0 Å². The van der Waals surface area contributed by atoms with Crippen LogP contribution in [0.2, 0.25) is 0 Å². The number of fused-ring (bicyclic) bond motifs is 1. The minimum Gasteiger partial charge on any atom is -0.0776 e. The molecule has 0 N–H and O–H groups in total. The van der Waals surface area contributed by atoms with E-state index in [-0.39, 0.29) is 7.43 Å². The summed E-state index contributed by atoms with van der Waals surface area (Å²) < 4.78 is 0. The Morgan fingerprint density at radius 3 is 1.92 bits per heavy atom. The summed E-state index contributed by atoms with van der Waals surface area (Å²) >= 11 is 0. The van der Waals surface area contributed by atoms with Gasteiger partial charge in [0.15, 0.2) is 0 Å². The molecule has 78 valence electrons. The van der Waals surface area contributed by atoms with E-state index in [1.807, 2.05) is 0 Å². The molecule has 0 heteroatoms. The van der Waals surface area contributed by atoms with Gasteiger partial charge < -0.3 is 0 Å². The minimum absolute atomic E-state index is 0. The normalized spacial score (nSPS) is 42.0. The Morgan fingerprint density at radius 1 is 0.923 bits per heavy atom. The van der Waals surface area contributed by atoms with Crippen molar-refractivity contribution in [2.24, 2.45) is 35.5 Å². The van der Waals surface area contributed by atoms with Crippen LogP contribution in [0.3, 0.4) is 0 Å². The van der Waals surface area contributed by atoms with Crippen LogP contribution >= 0.6 is 0 Å². The lowest BCUT2D eigenvalue weighted by atomic mass is 9.77. The van der Waals surface area contributed by atoms with Gasteiger partial charge in [-0.15, -0.1) is 0 Å². The van der Waals surface area contributed by atoms with Crippen molar-refractivity contribution in [1.82, 2.24) is 0 Å². The third kappa shape index (κ3) is 1.78. The van der Waals surface area contributed by atoms with E-state index >= 15 is 0 Å². The van der Waals surface area contributed by atoms with Crippen LogP contribution in [0.25, 0.3) is 0 Å². The van der Waals surface area contributed by atoms with E-state index in [2.05, 4.69) is 27.7 Å². The van der Waals surface area contributed by atoms with Crippen molar-refractivity contribution in [3.63, 3.8) is 0 Å². The molecule has 0 aromatic heterocycles. The third-order valence-corrected chi connectivity index (χ3v) is 4.17. The fourth-order valence-corrected chi connectivity index (χ4v) is 3.54. The van der Waals surface area contributed by atoms with E-state index in [9.17, 15) is 0 Å². The van der Waals surface area contributed by atoms with E-state index in [1.165, 1.54) is 0 Å². The molecule has 0 heterocycles. The Bertz CT molecular complexity index is 169. The van der Waals surface area contributed by atoms with Crippen molar-refractivity contribution in [2.45, 2.75) is 48.0 Å². The zero-order chi connectivity index (χ0) is 8.88. The molecule has 0 amide bonds. The maximum atomic E-state index is 2.42. The van der Waals surface area contributed by atoms with Crippen molar-refractivity contribution in [1.29, 1.82) is 0 Å². The first-order valence-electron chi connectivity index (χ1n) is 5.61. The zero-order valence-corrected chi connectivity index (χ0v) is 8.88. The van der Waals surface area contributed by atoms with Gasteiger partial charge >= 0.3 is 0 Å². The van der Waals surface area contributed by atoms with E-state index < -0.39 is 0 Å². The smallest absolute Gasteiger partial charge is 0.0329 e. The van der Waals surface area contributed by atoms with Crippen molar-refractivity contribution >= 4 is 0 Å². The lowest BCUT2D eigenvalue weighted by Crippen LogP contribution is -2.22. The number of hydrogen-bond donors (Lipinski definition) is 0. The first-order valence-corrected chi connectivity index (χ1v) is 5.61. The molecule has 2 aliphatic rings. The Hall–Kier alpha value is 0. The number of hydrogen-bond acceptors (Lipinski definition) is 0. The van der Waals surface area contributed by atoms with Crippen LogP contribution < -0.4 is 0 Å². The second-order valence-corrected chi connectivity index (χ2v) is 5.62. The highest BCUT2D eigenvalue weighted by atomic mass is 14.6. The molecule has 2 aliphatic carbocycles. The maximum absolute atomic E-state index is 2.42. The second-order valence-electron chi connectivity index (χ2n) is 5.62. The van der Waals surface area contributed by atoms with Gasteiger partial charge in [0.25, 0.3) is 0 Å². The number of rotatable bonds is 2. The second kappa shape index (κ2) is 3.63. The van der Waals surface area contributed by atoms with Gasteiger partial charge in [0.2, 0.25) is 0 Å². The summed E-state index contributed by atoms with van der Waals surface area (Å²) in [6.45, 7) is 9.65. The van der Waals surface area contributed by atoms with Gasteiger partial charge in [-0.2, -0.15) is 0 Å². The predicted octanol–water partition coefficient (Wildman–Crippen LogP) is 4.21. The minimum atomic E-state index is 0. The molecule has 0 aromatic rings. The van der Waals surface area contributed by atoms with Crippen LogP contribution in [0.5, 0.6) is 0 Å². The summed E-state index contributed by atoms with van der Waals surface area (Å²) in [5.74, 6) is 6.24. The summed E-state index contributed by atoms with van der Waals surface area (Å²) in [7, 11) is 0. The molecule has 0 spiro atoms. The van der Waals surface area contributed by atoms with E-state index in [0.29, 0.717) is 0 Å². The summed E-state index contributed by atoms with van der Waals surface area (Å²) in [6.07, 6.45) is 3.11. The van der Waals surface area contributed by atoms with E-state index in [1.54, 1.807) is 12.8 Å². The van der Waals surface area contributed by atoms with Gasteiger partial charge in [-0.1, -0.05) is 35.1 Å². The average molecular weight is 182 g/mol. The van der Waals surface area contributed by atoms with Gasteiger partial charge in [0.05, 0.1) is 0 Å². The Morgan fingerprint density at radius 2 is 1.54 bits per heavy atom. The molecular weight excluding hydrogens is 156 g/mol. The van der Waals surface area contributed by atoms with Crippen molar-refractivity contribution in [2.75, 3.05) is 0 Å². The molecule has 0 saturated heterocycles. The Balaban J connectivity index is 0.000000845. The topological polar surface area (TPSA) is 0 Å². The van der Waals surface area contributed by atoms with Crippen LogP contribution in [-0.2, 0) is 0 Å². The highest BCUT2D eigenvalue weighted by Gasteiger charge is 2.54. The largest absolute Gasteiger partial charge is 0.0776 e. The van der Waals surface area contributed by atoms with Crippen LogP contribution in [0.1, 0.15) is 48.0 Å². The van der Waals surface area contributed by atoms with Crippen molar-refractivity contribution in [3.05, 3.63) is 0 Å². The fraction of sp³-hybridized carbons (Fsp3) is 1.00. The molecule has 0 radical (unpaired) electrons. The van der Waals surface area contributed by atoms with Crippen LogP contribution in [0.15, 0.2) is 0 Å². The maximum Gasteiger partial charge on any atom is -0.0329 e. The lowest BCUT2D eigenvalue weighted by molar-refractivity contribution is 0.201. The van der Waals surface area contributed by atoms with Gasteiger partial charge in [0, 0.05) is 0 Å². The van der Waals surface area contributed by atoms with Crippen LogP contribution in [-0.4, -0.2) is 0 Å². The molecule has 0 bridgehead atoms. The average Bonchev–Trinajstić information content (AvgIpc) is 2.60. The molecular formula is C13H26. The zero-order valence-electron chi connectivity index (χ0n) is 8.88. The third-order valence-electron chi connectivity index (χ3n) is 4.17. The monoisotopic (exact) mass is 182 g/mol. The van der Waals surface area contributed by atoms with Gasteiger partial charge in [-0.25, -0.2) is 0 Å². The van der Waals surface area contributed by atoms with Crippen LogP contribution in [0.4, 0.5) is 0 Å². The molecule has 13 heavy (non-hydrogen) atoms. The molecule has 0 aromatic carbocycles. The van der Waals surface area contributed by atoms with E-state index in [4.69, 9.17) is 0 Å². The lowest BCUT2D eigenvalue weighted by Gasteiger charge is -2.29. The highest BCUT2D eigenvalue weighted by Crippen LogP contribution is 2.61. The first kappa shape index (κ1) is 11.1. The molecule has 2 rings (SSSR count). The Kier molecular flexibility index (Phi) is 3.09. The standard InChI is InChI=1S/C12H22.CH4/c1-7(2)10-5-9-6-11(9)12(10)8(3)4;/h7-12H,5-6H2,1-4H3;1H4/t9-,10-,11+,12?;/m0./s1. The highest BCUT2D eigenvalue weighted by molar-refractivity contribution is 5.03. The summed E-state index contributed by atoms with van der Waals surface area (Å²) in [4.78, 5) is 0. The summed E-state index contributed by atoms with van der Waals surface area (Å²) in [5.41, 5.74) is 0. The molecule has 0 aliphatic heterocycles. The van der Waals surface area contributed by atoms with Gasteiger partial charge in [0.1, 0.15) is 0 Å².